The van der Waals surface area contributed by atoms with Gasteiger partial charge in [0.2, 0.25) is 0 Å². The molecule has 2 nitrogen and oxygen atoms in total. The number of benzene rings is 3. The lowest BCUT2D eigenvalue weighted by atomic mass is 10.1. The van der Waals surface area contributed by atoms with Crippen molar-refractivity contribution in [1.29, 1.82) is 0 Å². The summed E-state index contributed by atoms with van der Waals surface area (Å²) in [7, 11) is 0. The minimum atomic E-state index is 1.05. The average Bonchev–Trinajstić information content (AvgIpc) is 3.10. The summed E-state index contributed by atoms with van der Waals surface area (Å²) in [6, 6.07) is 28.1. The molecule has 0 unspecified atom stereocenters. The van der Waals surface area contributed by atoms with Crippen LogP contribution < -0.4 is 0 Å². The highest BCUT2D eigenvalue weighted by molar-refractivity contribution is 6.18. The van der Waals surface area contributed by atoms with Crippen LogP contribution in [0.5, 0.6) is 0 Å². The van der Waals surface area contributed by atoms with E-state index in [9.17, 15) is 0 Å². The smallest absolute Gasteiger partial charge is 0.0726 e. The first-order chi connectivity index (χ1) is 12.8. The molecule has 122 valence electrons. The van der Waals surface area contributed by atoms with Crippen molar-refractivity contribution >= 4 is 49.0 Å². The summed E-state index contributed by atoms with van der Waals surface area (Å²) in [5, 5.41) is 6.30. The van der Waals surface area contributed by atoms with Gasteiger partial charge >= 0.3 is 0 Å². The zero-order chi connectivity index (χ0) is 17.3. The van der Waals surface area contributed by atoms with Crippen molar-refractivity contribution in [2.45, 2.75) is 6.92 Å². The predicted octanol–water partition coefficient (Wildman–Crippen LogP) is 6.26. The van der Waals surface area contributed by atoms with E-state index in [1.807, 2.05) is 0 Å². The number of pyridine rings is 2. The second-order valence-corrected chi connectivity index (χ2v) is 6.90. The van der Waals surface area contributed by atoms with Crippen LogP contribution in [-0.4, -0.2) is 9.38 Å². The van der Waals surface area contributed by atoms with Crippen molar-refractivity contribution in [2.75, 3.05) is 0 Å². The van der Waals surface area contributed by atoms with E-state index in [2.05, 4.69) is 90.2 Å². The van der Waals surface area contributed by atoms with E-state index in [0.29, 0.717) is 0 Å². The maximum atomic E-state index is 4.85. The molecule has 0 spiro atoms. The van der Waals surface area contributed by atoms with E-state index in [1.54, 1.807) is 0 Å². The Bertz CT molecular complexity index is 1490. The fourth-order valence-corrected chi connectivity index (χ4v) is 4.35. The molecule has 0 aliphatic rings. The molecule has 0 fully saturated rings. The first-order valence-corrected chi connectivity index (χ1v) is 8.93. The van der Waals surface area contributed by atoms with Crippen LogP contribution in [0.25, 0.3) is 49.0 Å². The first-order valence-electron chi connectivity index (χ1n) is 8.93. The maximum absolute atomic E-state index is 4.85. The second-order valence-electron chi connectivity index (χ2n) is 6.90. The quantitative estimate of drug-likeness (QED) is 0.300. The van der Waals surface area contributed by atoms with Gasteiger partial charge in [-0.05, 0) is 30.5 Å². The number of hydrogen-bond donors (Lipinski definition) is 0. The molecule has 3 aromatic carbocycles. The first kappa shape index (κ1) is 13.9. The Morgan fingerprint density at radius 1 is 0.615 bits per heavy atom. The fourth-order valence-electron chi connectivity index (χ4n) is 4.35. The molecule has 0 aliphatic carbocycles. The van der Waals surface area contributed by atoms with Gasteiger partial charge in [0.05, 0.1) is 22.1 Å². The number of nitrogens with zero attached hydrogens (tertiary/aromatic N) is 2. The number of hydrogen-bond acceptors (Lipinski definition) is 1. The average molecular weight is 332 g/mol. The summed E-state index contributed by atoms with van der Waals surface area (Å²) >= 11 is 0. The van der Waals surface area contributed by atoms with Crippen molar-refractivity contribution in [3.63, 3.8) is 0 Å². The molecule has 6 aromatic rings. The Kier molecular flexibility index (Phi) is 2.57. The zero-order valence-electron chi connectivity index (χ0n) is 14.4. The van der Waals surface area contributed by atoms with E-state index in [0.717, 1.165) is 11.2 Å². The van der Waals surface area contributed by atoms with Gasteiger partial charge in [0.25, 0.3) is 0 Å². The number of aromatic nitrogens is 2. The lowest BCUT2D eigenvalue weighted by Gasteiger charge is -2.11. The van der Waals surface area contributed by atoms with E-state index >= 15 is 0 Å². The van der Waals surface area contributed by atoms with Crippen LogP contribution in [0.1, 0.15) is 5.69 Å². The van der Waals surface area contributed by atoms with Crippen molar-refractivity contribution in [3.05, 3.63) is 84.6 Å². The zero-order valence-corrected chi connectivity index (χ0v) is 14.4. The molecule has 0 aliphatic heterocycles. The molecular formula is C24H16N2. The summed E-state index contributed by atoms with van der Waals surface area (Å²) in [4.78, 5) is 4.85. The molecule has 0 saturated heterocycles. The Morgan fingerprint density at radius 3 is 2.04 bits per heavy atom. The van der Waals surface area contributed by atoms with E-state index < -0.39 is 0 Å². The third-order valence-corrected chi connectivity index (χ3v) is 5.48. The minimum absolute atomic E-state index is 1.05. The van der Waals surface area contributed by atoms with Crippen LogP contribution >= 0.6 is 0 Å². The molecule has 6 rings (SSSR count). The van der Waals surface area contributed by atoms with Gasteiger partial charge in [0, 0.05) is 27.2 Å². The van der Waals surface area contributed by atoms with E-state index in [1.165, 1.54) is 43.5 Å². The highest BCUT2D eigenvalue weighted by Crippen LogP contribution is 2.36. The monoisotopic (exact) mass is 332 g/mol. The van der Waals surface area contributed by atoms with Crippen LogP contribution in [0, 0.1) is 6.92 Å². The third kappa shape index (κ3) is 1.64. The van der Waals surface area contributed by atoms with Gasteiger partial charge in [-0.15, -0.1) is 0 Å². The summed E-state index contributed by atoms with van der Waals surface area (Å²) in [5.41, 5.74) is 5.87. The predicted molar refractivity (Wildman–Crippen MR) is 110 cm³/mol. The molecule has 3 aromatic heterocycles. The molecule has 0 radical (unpaired) electrons. The van der Waals surface area contributed by atoms with Crippen molar-refractivity contribution in [1.82, 2.24) is 9.38 Å². The van der Waals surface area contributed by atoms with Gasteiger partial charge in [-0.25, -0.2) is 0 Å². The van der Waals surface area contributed by atoms with Crippen molar-refractivity contribution in [2.24, 2.45) is 0 Å². The van der Waals surface area contributed by atoms with Crippen LogP contribution in [0.3, 0.4) is 0 Å². The molecule has 0 N–H and O–H groups in total. The van der Waals surface area contributed by atoms with Gasteiger partial charge in [-0.1, -0.05) is 60.7 Å². The lowest BCUT2D eigenvalue weighted by Crippen LogP contribution is -1.92. The number of aryl methyl sites for hydroxylation is 1. The lowest BCUT2D eigenvalue weighted by molar-refractivity contribution is 1.28. The topological polar surface area (TPSA) is 17.3 Å². The third-order valence-electron chi connectivity index (χ3n) is 5.48. The van der Waals surface area contributed by atoms with E-state index in [4.69, 9.17) is 4.98 Å². The van der Waals surface area contributed by atoms with Crippen molar-refractivity contribution < 1.29 is 0 Å². The summed E-state index contributed by atoms with van der Waals surface area (Å²) < 4.78 is 2.42. The molecule has 0 amide bonds. The molecule has 0 bridgehead atoms. The van der Waals surface area contributed by atoms with Crippen LogP contribution in [0.2, 0.25) is 0 Å². The van der Waals surface area contributed by atoms with Gasteiger partial charge in [0.15, 0.2) is 0 Å². The van der Waals surface area contributed by atoms with Crippen LogP contribution in [0.15, 0.2) is 78.9 Å². The van der Waals surface area contributed by atoms with Gasteiger partial charge in [0.1, 0.15) is 0 Å². The SMILES string of the molecule is Cc1nc2ccccc2c2c1cc1c3ccccc3c3ccccc3n12. The van der Waals surface area contributed by atoms with E-state index in [-0.39, 0.29) is 0 Å². The molecular weight excluding hydrogens is 316 g/mol. The number of para-hydroxylation sites is 2. The van der Waals surface area contributed by atoms with Crippen LogP contribution in [0.4, 0.5) is 0 Å². The normalized spacial score (nSPS) is 12.0. The minimum Gasteiger partial charge on any atom is -0.308 e. The maximum Gasteiger partial charge on any atom is 0.0726 e. The molecule has 0 saturated carbocycles. The van der Waals surface area contributed by atoms with Gasteiger partial charge < -0.3 is 4.40 Å². The Balaban J connectivity index is 2.07. The summed E-state index contributed by atoms with van der Waals surface area (Å²) in [6.45, 7) is 2.11. The molecule has 0 atom stereocenters. The Labute approximate surface area is 150 Å². The number of rotatable bonds is 0. The van der Waals surface area contributed by atoms with Gasteiger partial charge in [-0.2, -0.15) is 0 Å². The molecule has 3 heterocycles. The highest BCUT2D eigenvalue weighted by Gasteiger charge is 2.15. The Hall–Kier alpha value is -3.39. The fraction of sp³-hybridized carbons (Fsp3) is 0.0417. The standard InChI is InChI=1S/C24H16N2/c1-15-20-14-23-18-10-3-2-8-16(18)17-9-5-7-13-22(17)26(23)24(20)19-11-4-6-12-21(19)25-15/h2-14H,1H3. The second kappa shape index (κ2) is 4.83. The van der Waals surface area contributed by atoms with Gasteiger partial charge in [-0.3, -0.25) is 4.98 Å². The highest BCUT2D eigenvalue weighted by atomic mass is 14.9. The van der Waals surface area contributed by atoms with Crippen molar-refractivity contribution in [3.8, 4) is 0 Å². The largest absolute Gasteiger partial charge is 0.308 e. The Morgan fingerprint density at radius 2 is 1.23 bits per heavy atom. The molecule has 2 heteroatoms. The molecule has 26 heavy (non-hydrogen) atoms. The summed E-state index contributed by atoms with van der Waals surface area (Å²) in [5.74, 6) is 0. The summed E-state index contributed by atoms with van der Waals surface area (Å²) in [6.07, 6.45) is 0. The number of fused-ring (bicyclic) bond motifs is 10. The van der Waals surface area contributed by atoms with Crippen LogP contribution in [-0.2, 0) is 0 Å².